The van der Waals surface area contributed by atoms with Crippen LogP contribution in [-0.2, 0) is 11.3 Å². The number of aliphatic carboxylic acids is 1. The fourth-order valence-electron chi connectivity index (χ4n) is 4.79. The second-order valence-corrected chi connectivity index (χ2v) is 9.26. The SMILES string of the molecule is Cc1cc(C(=O)On2c(O)ccc2O)cc(C)c1OC(=O)c1c2ccccc2[n+](CCC(=O)O)c2ccccc12. The van der Waals surface area contributed by atoms with E-state index in [1.165, 1.54) is 24.3 Å². The van der Waals surface area contributed by atoms with Gasteiger partial charge in [0.25, 0.3) is 0 Å². The number of pyridine rings is 1. The molecule has 0 aliphatic rings. The number of esters is 1. The number of aryl methyl sites for hydroxylation is 3. The average Bonchev–Trinajstić information content (AvgIpc) is 3.24. The van der Waals surface area contributed by atoms with Crippen LogP contribution in [-0.4, -0.2) is 38.0 Å². The van der Waals surface area contributed by atoms with Crippen LogP contribution in [0.4, 0.5) is 0 Å². The molecule has 202 valence electrons. The van der Waals surface area contributed by atoms with Crippen LogP contribution in [0.2, 0.25) is 0 Å². The molecule has 0 aliphatic carbocycles. The molecule has 10 nitrogen and oxygen atoms in total. The summed E-state index contributed by atoms with van der Waals surface area (Å²) in [6, 6.07) is 19.8. The van der Waals surface area contributed by atoms with Crippen LogP contribution >= 0.6 is 0 Å². The number of carbonyl (C=O) groups is 3. The molecule has 0 spiro atoms. The Kier molecular flexibility index (Phi) is 6.83. The van der Waals surface area contributed by atoms with Gasteiger partial charge >= 0.3 is 17.9 Å². The molecule has 0 amide bonds. The van der Waals surface area contributed by atoms with E-state index in [0.29, 0.717) is 43.2 Å². The summed E-state index contributed by atoms with van der Waals surface area (Å²) in [5.74, 6) is -3.00. The molecular weight excluding hydrogens is 516 g/mol. The van der Waals surface area contributed by atoms with E-state index in [9.17, 15) is 29.7 Å². The third-order valence-electron chi connectivity index (χ3n) is 6.54. The first kappa shape index (κ1) is 26.2. The Hall–Kier alpha value is -5.38. The monoisotopic (exact) mass is 541 g/mol. The molecule has 0 bridgehead atoms. The molecule has 3 aromatic carbocycles. The van der Waals surface area contributed by atoms with Crippen molar-refractivity contribution in [1.29, 1.82) is 0 Å². The maximum atomic E-state index is 13.8. The molecular formula is C30H25N2O8+. The normalized spacial score (nSPS) is 11.1. The summed E-state index contributed by atoms with van der Waals surface area (Å²) in [4.78, 5) is 42.8. The molecule has 0 aliphatic heterocycles. The number of nitrogens with zero attached hydrogens (tertiary/aromatic N) is 2. The molecule has 2 heterocycles. The highest BCUT2D eigenvalue weighted by Gasteiger charge is 2.27. The van der Waals surface area contributed by atoms with Crippen molar-refractivity contribution < 1.29 is 43.8 Å². The van der Waals surface area contributed by atoms with Crippen molar-refractivity contribution in [3.8, 4) is 17.5 Å². The number of aromatic nitrogens is 2. The Morgan fingerprint density at radius 3 is 1.85 bits per heavy atom. The Bertz CT molecular complexity index is 1720. The number of carboxylic acids is 1. The van der Waals surface area contributed by atoms with Crippen LogP contribution in [0, 0.1) is 13.8 Å². The van der Waals surface area contributed by atoms with E-state index in [1.807, 2.05) is 28.8 Å². The Balaban J connectivity index is 1.53. The molecule has 0 radical (unpaired) electrons. The van der Waals surface area contributed by atoms with Crippen molar-refractivity contribution in [2.75, 3.05) is 0 Å². The van der Waals surface area contributed by atoms with Gasteiger partial charge in [-0.3, -0.25) is 4.79 Å². The number of para-hydroxylation sites is 2. The van der Waals surface area contributed by atoms with Crippen molar-refractivity contribution in [3.05, 3.63) is 95.1 Å². The summed E-state index contributed by atoms with van der Waals surface area (Å²) in [5.41, 5.74) is 2.82. The first-order chi connectivity index (χ1) is 19.2. The lowest BCUT2D eigenvalue weighted by Gasteiger charge is -2.15. The number of carboxylic acid groups (broad SMARTS) is 1. The van der Waals surface area contributed by atoms with E-state index < -0.39 is 29.7 Å². The summed E-state index contributed by atoms with van der Waals surface area (Å²) >= 11 is 0. The smallest absolute Gasteiger partial charge is 0.363 e. The second-order valence-electron chi connectivity index (χ2n) is 9.26. The van der Waals surface area contributed by atoms with Gasteiger partial charge < -0.3 is 24.9 Å². The summed E-state index contributed by atoms with van der Waals surface area (Å²) in [6.07, 6.45) is -0.0841. The van der Waals surface area contributed by atoms with Crippen LogP contribution < -0.4 is 14.1 Å². The molecule has 3 N–H and O–H groups in total. The number of rotatable bonds is 7. The first-order valence-electron chi connectivity index (χ1n) is 12.4. The van der Waals surface area contributed by atoms with Gasteiger partial charge in [-0.05, 0) is 49.2 Å². The summed E-state index contributed by atoms with van der Waals surface area (Å²) in [6.45, 7) is 3.58. The average molecular weight is 542 g/mol. The van der Waals surface area contributed by atoms with Crippen molar-refractivity contribution in [3.63, 3.8) is 0 Å². The molecule has 2 aromatic heterocycles. The molecule has 5 rings (SSSR count). The van der Waals surface area contributed by atoms with Crippen LogP contribution in [0.5, 0.6) is 17.5 Å². The summed E-state index contributed by atoms with van der Waals surface area (Å²) in [5, 5.41) is 30.0. The van der Waals surface area contributed by atoms with Gasteiger partial charge in [0.15, 0.2) is 6.54 Å². The van der Waals surface area contributed by atoms with Gasteiger partial charge in [-0.25, -0.2) is 9.59 Å². The first-order valence-corrected chi connectivity index (χ1v) is 12.4. The minimum absolute atomic E-state index is 0.0841. The zero-order valence-electron chi connectivity index (χ0n) is 21.6. The molecule has 0 saturated carbocycles. The standard InChI is InChI=1S/C30H24N2O8/c1-17-15-19(29(37)40-32-24(33)11-12-25(32)34)16-18(2)28(17)39-30(38)27-20-7-3-5-9-22(20)31(14-13-26(35)36)23-10-6-4-8-21(23)27/h3-12,15-16H,13-14H2,1-2H3,(H2,35,36,38)/p+1. The summed E-state index contributed by atoms with van der Waals surface area (Å²) in [7, 11) is 0. The quantitative estimate of drug-likeness (QED) is 0.121. The van der Waals surface area contributed by atoms with Gasteiger partial charge in [0, 0.05) is 24.3 Å². The third kappa shape index (κ3) is 4.78. The molecule has 0 saturated heterocycles. The zero-order valence-corrected chi connectivity index (χ0v) is 21.6. The van der Waals surface area contributed by atoms with E-state index in [1.54, 1.807) is 38.1 Å². The molecule has 0 unspecified atom stereocenters. The van der Waals surface area contributed by atoms with Crippen LogP contribution in [0.15, 0.2) is 72.8 Å². The second kappa shape index (κ2) is 10.4. The number of ether oxygens (including phenoxy) is 1. The largest absolute Gasteiger partial charge is 0.492 e. The number of fused-ring (bicyclic) bond motifs is 2. The Morgan fingerprint density at radius 1 is 0.800 bits per heavy atom. The Labute approximate surface area is 227 Å². The maximum absolute atomic E-state index is 13.8. The molecule has 0 fully saturated rings. The minimum Gasteiger partial charge on any atom is -0.492 e. The lowest BCUT2D eigenvalue weighted by Crippen LogP contribution is -2.37. The topological polar surface area (TPSA) is 139 Å². The van der Waals surface area contributed by atoms with Crippen molar-refractivity contribution in [1.82, 2.24) is 4.73 Å². The fourth-order valence-corrected chi connectivity index (χ4v) is 4.79. The zero-order chi connectivity index (χ0) is 28.6. The fraction of sp³-hybridized carbons (Fsp3) is 0.133. The third-order valence-corrected chi connectivity index (χ3v) is 6.54. The van der Waals surface area contributed by atoms with Gasteiger partial charge in [-0.15, -0.1) is 4.73 Å². The van der Waals surface area contributed by atoms with Gasteiger partial charge in [0.2, 0.25) is 22.8 Å². The maximum Gasteiger partial charge on any atom is 0.363 e. The van der Waals surface area contributed by atoms with Crippen molar-refractivity contribution in [2.45, 2.75) is 26.8 Å². The lowest BCUT2D eigenvalue weighted by molar-refractivity contribution is -0.644. The van der Waals surface area contributed by atoms with Crippen LogP contribution in [0.25, 0.3) is 21.8 Å². The van der Waals surface area contributed by atoms with E-state index in [2.05, 4.69) is 0 Å². The summed E-state index contributed by atoms with van der Waals surface area (Å²) < 4.78 is 8.39. The number of aromatic hydroxyl groups is 2. The van der Waals surface area contributed by atoms with Crippen LogP contribution in [0.3, 0.4) is 0 Å². The number of benzene rings is 3. The van der Waals surface area contributed by atoms with Gasteiger partial charge in [-0.1, -0.05) is 24.3 Å². The van der Waals surface area contributed by atoms with E-state index in [-0.39, 0.29) is 24.3 Å². The number of carbonyl (C=O) groups excluding carboxylic acids is 2. The highest BCUT2D eigenvalue weighted by Crippen LogP contribution is 2.30. The molecule has 10 heteroatoms. The Morgan fingerprint density at radius 2 is 1.32 bits per heavy atom. The van der Waals surface area contributed by atoms with E-state index >= 15 is 0 Å². The predicted molar refractivity (Wildman–Crippen MR) is 143 cm³/mol. The molecule has 40 heavy (non-hydrogen) atoms. The minimum atomic E-state index is -0.926. The lowest BCUT2D eigenvalue weighted by atomic mass is 10.0. The van der Waals surface area contributed by atoms with Gasteiger partial charge in [0.05, 0.1) is 21.9 Å². The number of hydrogen-bond acceptors (Lipinski definition) is 7. The highest BCUT2D eigenvalue weighted by atomic mass is 16.7. The van der Waals surface area contributed by atoms with E-state index in [0.717, 1.165) is 0 Å². The van der Waals surface area contributed by atoms with Gasteiger partial charge in [-0.2, -0.15) is 4.57 Å². The predicted octanol–water partition coefficient (Wildman–Crippen LogP) is 4.07. The molecule has 5 aromatic rings. The highest BCUT2D eigenvalue weighted by molar-refractivity contribution is 6.13. The molecule has 0 atom stereocenters. The number of hydrogen-bond donors (Lipinski definition) is 3. The van der Waals surface area contributed by atoms with E-state index in [4.69, 9.17) is 9.57 Å². The van der Waals surface area contributed by atoms with Crippen molar-refractivity contribution in [2.24, 2.45) is 0 Å². The van der Waals surface area contributed by atoms with Crippen molar-refractivity contribution >= 4 is 39.7 Å². The van der Waals surface area contributed by atoms with Crippen LogP contribution in [0.1, 0.15) is 38.3 Å². The van der Waals surface area contributed by atoms with Gasteiger partial charge in [0.1, 0.15) is 12.2 Å².